The zero-order valence-electron chi connectivity index (χ0n) is 11.1. The molecule has 1 fully saturated rings. The summed E-state index contributed by atoms with van der Waals surface area (Å²) in [7, 11) is 0. The number of imide groups is 1. The Kier molecular flexibility index (Phi) is 4.79. The van der Waals surface area contributed by atoms with E-state index in [1.165, 1.54) is 18.2 Å². The highest BCUT2D eigenvalue weighted by Gasteiger charge is 2.29. The summed E-state index contributed by atoms with van der Waals surface area (Å²) in [6.07, 6.45) is 0.527. The van der Waals surface area contributed by atoms with E-state index in [4.69, 9.17) is 5.73 Å². The molecule has 1 aromatic carbocycles. The number of nitrogen functional groups attached to an aromatic ring is 1. The van der Waals surface area contributed by atoms with E-state index in [1.807, 2.05) is 0 Å². The molecule has 21 heavy (non-hydrogen) atoms. The molecule has 0 bridgehead atoms. The minimum absolute atomic E-state index is 0.0434. The van der Waals surface area contributed by atoms with E-state index in [0.717, 1.165) is 16.7 Å². The Labute approximate surface area is 124 Å². The van der Waals surface area contributed by atoms with Gasteiger partial charge in [0.05, 0.1) is 11.4 Å². The monoisotopic (exact) mass is 311 g/mol. The van der Waals surface area contributed by atoms with Crippen LogP contribution >= 0.6 is 11.8 Å². The van der Waals surface area contributed by atoms with Gasteiger partial charge in [0.2, 0.25) is 11.8 Å². The summed E-state index contributed by atoms with van der Waals surface area (Å²) >= 11 is 0.965. The van der Waals surface area contributed by atoms with Gasteiger partial charge >= 0.3 is 0 Å². The smallest absolute Gasteiger partial charge is 0.288 e. The van der Waals surface area contributed by atoms with Crippen LogP contribution in [0.1, 0.15) is 12.8 Å². The molecule has 1 aliphatic rings. The normalized spacial score (nSPS) is 14.6. The summed E-state index contributed by atoms with van der Waals surface area (Å²) < 4.78 is 13.0. The van der Waals surface area contributed by atoms with Crippen molar-refractivity contribution in [3.8, 4) is 0 Å². The predicted octanol–water partition coefficient (Wildman–Crippen LogP) is 1.82. The number of hydrogen-bond acceptors (Lipinski definition) is 5. The standard InChI is InChI=1S/C13H14FN3O3S/c14-9-4-3-8(6-10(9)15)16-11(18)2-1-5-17-12(19)7-21-13(17)20/h3-4,6H,1-2,5,7,15H2,(H,16,18). The molecule has 0 unspecified atom stereocenters. The number of hydrogen-bond donors (Lipinski definition) is 2. The maximum Gasteiger partial charge on any atom is 0.288 e. The number of anilines is 2. The second kappa shape index (κ2) is 6.57. The summed E-state index contributed by atoms with van der Waals surface area (Å²) in [6, 6.07) is 3.91. The average molecular weight is 311 g/mol. The number of benzene rings is 1. The molecule has 0 saturated carbocycles. The first-order valence-electron chi connectivity index (χ1n) is 6.29. The van der Waals surface area contributed by atoms with E-state index in [9.17, 15) is 18.8 Å². The van der Waals surface area contributed by atoms with Crippen molar-refractivity contribution in [1.82, 2.24) is 4.90 Å². The molecule has 1 aromatic rings. The first-order chi connectivity index (χ1) is 9.97. The molecule has 3 N–H and O–H groups in total. The molecule has 0 radical (unpaired) electrons. The molecule has 8 heteroatoms. The zero-order valence-corrected chi connectivity index (χ0v) is 11.9. The Morgan fingerprint density at radius 2 is 2.19 bits per heavy atom. The van der Waals surface area contributed by atoms with E-state index < -0.39 is 5.82 Å². The minimum atomic E-state index is -0.545. The molecule has 6 nitrogen and oxygen atoms in total. The van der Waals surface area contributed by atoms with Gasteiger partial charge in [0.25, 0.3) is 5.24 Å². The Morgan fingerprint density at radius 3 is 2.81 bits per heavy atom. The topological polar surface area (TPSA) is 92.5 Å². The molecule has 0 aliphatic carbocycles. The molecule has 112 valence electrons. The van der Waals surface area contributed by atoms with Gasteiger partial charge in [-0.25, -0.2) is 4.39 Å². The van der Waals surface area contributed by atoms with Crippen LogP contribution in [0.3, 0.4) is 0 Å². The van der Waals surface area contributed by atoms with E-state index >= 15 is 0 Å². The highest BCUT2D eigenvalue weighted by atomic mass is 32.2. The Bertz CT molecular complexity index is 578. The van der Waals surface area contributed by atoms with Crippen LogP contribution in [-0.4, -0.2) is 34.3 Å². The van der Waals surface area contributed by atoms with Gasteiger partial charge in [-0.2, -0.15) is 0 Å². The van der Waals surface area contributed by atoms with Crippen LogP contribution in [-0.2, 0) is 9.59 Å². The van der Waals surface area contributed by atoms with Gasteiger partial charge in [0.1, 0.15) is 5.82 Å². The van der Waals surface area contributed by atoms with Crippen molar-refractivity contribution in [3.63, 3.8) is 0 Å². The number of rotatable bonds is 5. The van der Waals surface area contributed by atoms with E-state index in [2.05, 4.69) is 5.32 Å². The van der Waals surface area contributed by atoms with Crippen molar-refractivity contribution in [1.29, 1.82) is 0 Å². The molecule has 1 aliphatic heterocycles. The Hall–Kier alpha value is -2.09. The number of nitrogens with two attached hydrogens (primary N) is 1. The zero-order chi connectivity index (χ0) is 15.4. The maximum absolute atomic E-state index is 13.0. The lowest BCUT2D eigenvalue weighted by molar-refractivity contribution is -0.125. The summed E-state index contributed by atoms with van der Waals surface area (Å²) in [6.45, 7) is 0.226. The largest absolute Gasteiger partial charge is 0.396 e. The fraction of sp³-hybridized carbons (Fsp3) is 0.308. The summed E-state index contributed by atoms with van der Waals surface area (Å²) in [5.41, 5.74) is 5.76. The quantitative estimate of drug-likeness (QED) is 0.809. The van der Waals surface area contributed by atoms with Crippen molar-refractivity contribution in [2.24, 2.45) is 0 Å². The molecular formula is C13H14FN3O3S. The third-order valence-electron chi connectivity index (χ3n) is 2.91. The first-order valence-corrected chi connectivity index (χ1v) is 7.28. The molecule has 1 saturated heterocycles. The van der Waals surface area contributed by atoms with Gasteiger partial charge in [-0.3, -0.25) is 19.3 Å². The summed E-state index contributed by atoms with van der Waals surface area (Å²) in [4.78, 5) is 35.5. The number of thioether (sulfide) groups is 1. The first kappa shape index (κ1) is 15.3. The molecule has 1 heterocycles. The van der Waals surface area contributed by atoms with E-state index in [0.29, 0.717) is 12.1 Å². The van der Waals surface area contributed by atoms with Crippen LogP contribution in [0, 0.1) is 5.82 Å². The molecule has 0 aromatic heterocycles. The fourth-order valence-corrected chi connectivity index (χ4v) is 2.59. The van der Waals surface area contributed by atoms with Crippen LogP contribution in [0.5, 0.6) is 0 Å². The third kappa shape index (κ3) is 3.94. The second-order valence-corrected chi connectivity index (χ2v) is 5.41. The number of carbonyl (C=O) groups excluding carboxylic acids is 3. The number of halogens is 1. The van der Waals surface area contributed by atoms with Gasteiger partial charge in [-0.05, 0) is 24.6 Å². The SMILES string of the molecule is Nc1cc(NC(=O)CCCN2C(=O)CSC2=O)ccc1F. The maximum atomic E-state index is 13.0. The molecule has 3 amide bonds. The summed E-state index contributed by atoms with van der Waals surface area (Å²) in [5.74, 6) is -0.888. The van der Waals surface area contributed by atoms with Crippen LogP contribution in [0.2, 0.25) is 0 Å². The number of amides is 3. The van der Waals surface area contributed by atoms with Crippen LogP contribution in [0.15, 0.2) is 18.2 Å². The van der Waals surface area contributed by atoms with Crippen molar-refractivity contribution >= 4 is 40.2 Å². The lowest BCUT2D eigenvalue weighted by Crippen LogP contribution is -2.30. The van der Waals surface area contributed by atoms with Gasteiger partial charge < -0.3 is 11.1 Å². The lowest BCUT2D eigenvalue weighted by atomic mass is 10.2. The molecule has 0 spiro atoms. The van der Waals surface area contributed by atoms with Crippen molar-refractivity contribution < 1.29 is 18.8 Å². The van der Waals surface area contributed by atoms with Crippen molar-refractivity contribution in [2.45, 2.75) is 12.8 Å². The lowest BCUT2D eigenvalue weighted by Gasteiger charge is -2.12. The van der Waals surface area contributed by atoms with Crippen molar-refractivity contribution in [3.05, 3.63) is 24.0 Å². The molecule has 2 rings (SSSR count). The Morgan fingerprint density at radius 1 is 1.43 bits per heavy atom. The van der Waals surface area contributed by atoms with Gasteiger partial charge in [-0.1, -0.05) is 11.8 Å². The van der Waals surface area contributed by atoms with E-state index in [1.54, 1.807) is 0 Å². The van der Waals surface area contributed by atoms with Gasteiger partial charge in [0.15, 0.2) is 0 Å². The number of nitrogens with one attached hydrogen (secondary N) is 1. The van der Waals surface area contributed by atoms with Crippen molar-refractivity contribution in [2.75, 3.05) is 23.3 Å². The molecular weight excluding hydrogens is 297 g/mol. The average Bonchev–Trinajstić information content (AvgIpc) is 2.74. The minimum Gasteiger partial charge on any atom is -0.396 e. The summed E-state index contributed by atoms with van der Waals surface area (Å²) in [5, 5.41) is 2.31. The van der Waals surface area contributed by atoms with Gasteiger partial charge in [0, 0.05) is 18.7 Å². The Balaban J connectivity index is 1.78. The predicted molar refractivity (Wildman–Crippen MR) is 78.2 cm³/mol. The third-order valence-corrected chi connectivity index (χ3v) is 3.76. The molecule has 0 atom stereocenters. The number of carbonyl (C=O) groups is 3. The number of nitrogens with zero attached hydrogens (tertiary/aromatic N) is 1. The fourth-order valence-electron chi connectivity index (χ4n) is 1.84. The van der Waals surface area contributed by atoms with Crippen LogP contribution in [0.4, 0.5) is 20.6 Å². The second-order valence-electron chi connectivity index (χ2n) is 4.49. The van der Waals surface area contributed by atoms with Crippen LogP contribution in [0.25, 0.3) is 0 Å². The van der Waals surface area contributed by atoms with Crippen LogP contribution < -0.4 is 11.1 Å². The highest BCUT2D eigenvalue weighted by Crippen LogP contribution is 2.19. The van der Waals surface area contributed by atoms with Gasteiger partial charge in [-0.15, -0.1) is 0 Å². The highest BCUT2D eigenvalue weighted by molar-refractivity contribution is 8.14. The van der Waals surface area contributed by atoms with E-state index in [-0.39, 0.29) is 41.5 Å².